The number of aromatic nitrogens is 1. The third-order valence-corrected chi connectivity index (χ3v) is 5.50. The van der Waals surface area contributed by atoms with Gasteiger partial charge in [-0.2, -0.15) is 0 Å². The Hall–Kier alpha value is -2.00. The molecule has 9 heteroatoms. The Balaban J connectivity index is 2.43. The molecule has 0 aliphatic rings. The Bertz CT molecular complexity index is 792. The van der Waals surface area contributed by atoms with Crippen molar-refractivity contribution in [1.82, 2.24) is 4.98 Å². The zero-order valence-corrected chi connectivity index (χ0v) is 12.4. The summed E-state index contributed by atoms with van der Waals surface area (Å²) in [5, 5.41) is 0. The van der Waals surface area contributed by atoms with Crippen LogP contribution in [0.15, 0.2) is 27.2 Å². The van der Waals surface area contributed by atoms with E-state index in [1.165, 1.54) is 26.2 Å². The highest BCUT2D eigenvalue weighted by atomic mass is 32.2. The molecule has 0 unspecified atom stereocenters. The second kappa shape index (κ2) is 5.17. The molecule has 4 N–H and O–H groups in total. The van der Waals surface area contributed by atoms with Crippen molar-refractivity contribution < 1.29 is 13.2 Å². The fourth-order valence-corrected chi connectivity index (χ4v) is 3.97. The van der Waals surface area contributed by atoms with Crippen molar-refractivity contribution in [2.24, 2.45) is 0 Å². The van der Waals surface area contributed by atoms with Crippen molar-refractivity contribution in [3.63, 3.8) is 0 Å². The molecule has 0 saturated heterocycles. The van der Waals surface area contributed by atoms with Gasteiger partial charge in [-0.15, -0.1) is 0 Å². The van der Waals surface area contributed by atoms with Gasteiger partial charge in [-0.05, 0) is 19.1 Å². The molecule has 0 fully saturated rings. The molecule has 1 heterocycles. The number of nitrogens with one attached hydrogen (secondary N) is 2. The summed E-state index contributed by atoms with van der Waals surface area (Å²) >= 11 is 0.623. The Morgan fingerprint density at radius 2 is 2.10 bits per heavy atom. The van der Waals surface area contributed by atoms with Gasteiger partial charge in [0.1, 0.15) is 5.75 Å². The molecule has 0 amide bonds. The standard InChI is InChI=1S/C11H13N3O4S2/c1-6-10(19-11(15)13-6)20(16,17)14-9-5-7(18-2)3-4-8(9)12/h3-5,14H,12H2,1-2H3,(H,13,15). The summed E-state index contributed by atoms with van der Waals surface area (Å²) in [4.78, 5) is 13.2. The fraction of sp³-hybridized carbons (Fsp3) is 0.182. The molecule has 108 valence electrons. The van der Waals surface area contributed by atoms with E-state index in [1.807, 2.05) is 0 Å². The summed E-state index contributed by atoms with van der Waals surface area (Å²) < 4.78 is 31.8. The maximum absolute atomic E-state index is 12.2. The van der Waals surface area contributed by atoms with Crippen molar-refractivity contribution in [3.8, 4) is 5.75 Å². The van der Waals surface area contributed by atoms with Gasteiger partial charge in [-0.3, -0.25) is 9.52 Å². The van der Waals surface area contributed by atoms with Gasteiger partial charge in [-0.25, -0.2) is 8.42 Å². The number of aromatic amines is 1. The van der Waals surface area contributed by atoms with Crippen LogP contribution >= 0.6 is 11.3 Å². The van der Waals surface area contributed by atoms with Gasteiger partial charge in [0.25, 0.3) is 10.0 Å². The number of thiazole rings is 1. The molecule has 20 heavy (non-hydrogen) atoms. The molecule has 1 aromatic carbocycles. The minimum Gasteiger partial charge on any atom is -0.497 e. The first-order valence-electron chi connectivity index (χ1n) is 5.49. The molecule has 1 aromatic heterocycles. The number of nitrogens with two attached hydrogens (primary N) is 1. The first kappa shape index (κ1) is 14.4. The van der Waals surface area contributed by atoms with Crippen LogP contribution < -0.4 is 20.1 Å². The Morgan fingerprint density at radius 3 is 2.65 bits per heavy atom. The van der Waals surface area contributed by atoms with Crippen LogP contribution in [-0.4, -0.2) is 20.5 Å². The molecule has 0 bridgehead atoms. The summed E-state index contributed by atoms with van der Waals surface area (Å²) in [6.07, 6.45) is 0. The first-order valence-corrected chi connectivity index (χ1v) is 7.79. The van der Waals surface area contributed by atoms with Gasteiger partial charge in [0.2, 0.25) is 0 Å². The van der Waals surface area contributed by atoms with Gasteiger partial charge in [0.15, 0.2) is 4.21 Å². The van der Waals surface area contributed by atoms with E-state index in [2.05, 4.69) is 9.71 Å². The number of hydrogen-bond donors (Lipinski definition) is 3. The van der Waals surface area contributed by atoms with Crippen molar-refractivity contribution in [2.45, 2.75) is 11.1 Å². The Labute approximate surface area is 119 Å². The highest BCUT2D eigenvalue weighted by Gasteiger charge is 2.21. The van der Waals surface area contributed by atoms with Gasteiger partial charge < -0.3 is 15.5 Å². The lowest BCUT2D eigenvalue weighted by Crippen LogP contribution is -2.14. The number of sulfonamides is 1. The van der Waals surface area contributed by atoms with Crippen LogP contribution in [0.5, 0.6) is 5.75 Å². The topological polar surface area (TPSA) is 114 Å². The lowest BCUT2D eigenvalue weighted by molar-refractivity contribution is 0.415. The van der Waals surface area contributed by atoms with E-state index >= 15 is 0 Å². The van der Waals surface area contributed by atoms with Gasteiger partial charge >= 0.3 is 4.87 Å². The predicted octanol–water partition coefficient (Wildman–Crippen LogP) is 1.14. The highest BCUT2D eigenvalue weighted by molar-refractivity contribution is 7.94. The first-order chi connectivity index (χ1) is 9.33. The fourth-order valence-electron chi connectivity index (χ4n) is 1.59. The van der Waals surface area contributed by atoms with Crippen molar-refractivity contribution in [1.29, 1.82) is 0 Å². The number of nitrogen functional groups attached to an aromatic ring is 1. The highest BCUT2D eigenvalue weighted by Crippen LogP contribution is 2.28. The third kappa shape index (κ3) is 2.78. The van der Waals surface area contributed by atoms with E-state index in [0.717, 1.165) is 0 Å². The molecule has 0 radical (unpaired) electrons. The summed E-state index contributed by atoms with van der Waals surface area (Å²) in [6.45, 7) is 1.52. The third-order valence-electron chi connectivity index (χ3n) is 2.53. The molecule has 0 saturated carbocycles. The minimum atomic E-state index is -3.87. The quantitative estimate of drug-likeness (QED) is 0.732. The number of rotatable bonds is 4. The molecule has 0 spiro atoms. The smallest absolute Gasteiger partial charge is 0.306 e. The van der Waals surface area contributed by atoms with Crippen LogP contribution in [0.1, 0.15) is 5.69 Å². The lowest BCUT2D eigenvalue weighted by atomic mass is 10.2. The molecule has 2 aromatic rings. The number of hydrogen-bond acceptors (Lipinski definition) is 6. The largest absolute Gasteiger partial charge is 0.497 e. The van der Waals surface area contributed by atoms with Gasteiger partial charge in [0.05, 0.1) is 18.5 Å². The van der Waals surface area contributed by atoms with E-state index in [1.54, 1.807) is 6.07 Å². The van der Waals surface area contributed by atoms with Crippen LogP contribution in [0.4, 0.5) is 11.4 Å². The molecule has 0 aliphatic carbocycles. The predicted molar refractivity (Wildman–Crippen MR) is 77.9 cm³/mol. The maximum Gasteiger partial charge on any atom is 0.306 e. The van der Waals surface area contributed by atoms with Crippen molar-refractivity contribution in [2.75, 3.05) is 17.6 Å². The summed E-state index contributed by atoms with van der Waals surface area (Å²) in [5.41, 5.74) is 6.47. The molecule has 0 atom stereocenters. The zero-order valence-electron chi connectivity index (χ0n) is 10.8. The van der Waals surface area contributed by atoms with Crippen LogP contribution in [-0.2, 0) is 10.0 Å². The Kier molecular flexibility index (Phi) is 3.73. The van der Waals surface area contributed by atoms with Crippen LogP contribution in [0, 0.1) is 6.92 Å². The van der Waals surface area contributed by atoms with Gasteiger partial charge in [0, 0.05) is 11.8 Å². The number of methoxy groups -OCH3 is 1. The summed E-state index contributed by atoms with van der Waals surface area (Å²) in [7, 11) is -2.40. The normalized spacial score (nSPS) is 11.3. The Morgan fingerprint density at radius 1 is 1.40 bits per heavy atom. The van der Waals surface area contributed by atoms with Crippen LogP contribution in [0.25, 0.3) is 0 Å². The van der Waals surface area contributed by atoms with Crippen LogP contribution in [0.3, 0.4) is 0 Å². The average molecular weight is 315 g/mol. The van der Waals surface area contributed by atoms with E-state index in [9.17, 15) is 13.2 Å². The number of aryl methyl sites for hydroxylation is 1. The zero-order chi connectivity index (χ0) is 14.9. The number of anilines is 2. The second-order valence-corrected chi connectivity index (χ2v) is 6.85. The van der Waals surface area contributed by atoms with Crippen LogP contribution in [0.2, 0.25) is 0 Å². The summed E-state index contributed by atoms with van der Waals surface area (Å²) in [6, 6.07) is 4.62. The minimum absolute atomic E-state index is 0.0651. The number of H-pyrrole nitrogens is 1. The lowest BCUT2D eigenvalue weighted by Gasteiger charge is -2.10. The molecule has 2 rings (SSSR count). The van der Waals surface area contributed by atoms with E-state index in [4.69, 9.17) is 10.5 Å². The monoisotopic (exact) mass is 315 g/mol. The summed E-state index contributed by atoms with van der Waals surface area (Å²) in [5.74, 6) is 0.468. The number of ether oxygens (including phenoxy) is 1. The second-order valence-electron chi connectivity index (χ2n) is 3.99. The average Bonchev–Trinajstić information content (AvgIpc) is 2.72. The van der Waals surface area contributed by atoms with E-state index in [-0.39, 0.29) is 21.3 Å². The number of benzene rings is 1. The van der Waals surface area contributed by atoms with Crippen molar-refractivity contribution in [3.05, 3.63) is 33.6 Å². The SMILES string of the molecule is COc1ccc(N)c(NS(=O)(=O)c2sc(=O)[nH]c2C)c1. The van der Waals surface area contributed by atoms with E-state index < -0.39 is 14.9 Å². The van der Waals surface area contributed by atoms with Gasteiger partial charge in [-0.1, -0.05) is 11.3 Å². The molecule has 0 aliphatic heterocycles. The molecular formula is C11H13N3O4S2. The molecular weight excluding hydrogens is 302 g/mol. The maximum atomic E-state index is 12.2. The molecule has 7 nitrogen and oxygen atoms in total. The van der Waals surface area contributed by atoms with E-state index in [0.29, 0.717) is 17.1 Å². The van der Waals surface area contributed by atoms with Crippen molar-refractivity contribution >= 4 is 32.7 Å².